The first kappa shape index (κ1) is 14.3. The number of benzene rings is 1. The van der Waals surface area contributed by atoms with Gasteiger partial charge in [0.2, 0.25) is 0 Å². The number of carbonyl (C=O) groups is 1. The minimum Gasteiger partial charge on any atom is -0.465 e. The fraction of sp³-hybridized carbons (Fsp3) is 0.235. The van der Waals surface area contributed by atoms with E-state index in [-0.39, 0.29) is 5.97 Å². The van der Waals surface area contributed by atoms with E-state index in [2.05, 4.69) is 10.1 Å². The summed E-state index contributed by atoms with van der Waals surface area (Å²) in [5.41, 5.74) is 4.78. The van der Waals surface area contributed by atoms with Crippen molar-refractivity contribution in [2.45, 2.75) is 19.8 Å². The Morgan fingerprint density at radius 1 is 1.27 bits per heavy atom. The second-order valence-corrected chi connectivity index (χ2v) is 5.18. The summed E-state index contributed by atoms with van der Waals surface area (Å²) in [6, 6.07) is 9.45. The highest BCUT2D eigenvalue weighted by molar-refractivity contribution is 5.89. The summed E-state index contributed by atoms with van der Waals surface area (Å²) in [5, 5.41) is 4.31. The largest absolute Gasteiger partial charge is 0.465 e. The molecule has 2 heterocycles. The molecule has 0 aliphatic carbocycles. The van der Waals surface area contributed by atoms with Crippen molar-refractivity contribution >= 4 is 11.6 Å². The molecule has 0 aliphatic heterocycles. The average molecular weight is 295 g/mol. The Balaban J connectivity index is 1.83. The molecule has 5 heteroatoms. The molecule has 0 N–H and O–H groups in total. The van der Waals surface area contributed by atoms with Crippen LogP contribution in [0.5, 0.6) is 0 Å². The highest BCUT2D eigenvalue weighted by Gasteiger charge is 2.09. The zero-order chi connectivity index (χ0) is 15.5. The van der Waals surface area contributed by atoms with Gasteiger partial charge in [0.05, 0.1) is 24.6 Å². The molecular formula is C17H17N3O2. The lowest BCUT2D eigenvalue weighted by molar-refractivity contribution is 0.0600. The van der Waals surface area contributed by atoms with E-state index in [0.717, 1.165) is 35.3 Å². The molecule has 0 spiro atoms. The van der Waals surface area contributed by atoms with Crippen molar-refractivity contribution < 1.29 is 9.53 Å². The highest BCUT2D eigenvalue weighted by Crippen LogP contribution is 2.15. The third-order valence-corrected chi connectivity index (χ3v) is 3.77. The SMILES string of the molecule is COC(=O)c1ccc(C)c(CCc2cnc3cccnn23)c1. The molecule has 0 atom stereocenters. The first-order valence-electron chi connectivity index (χ1n) is 7.14. The lowest BCUT2D eigenvalue weighted by atomic mass is 10.00. The Labute approximate surface area is 128 Å². The molecular weight excluding hydrogens is 278 g/mol. The Morgan fingerprint density at radius 2 is 2.14 bits per heavy atom. The van der Waals surface area contributed by atoms with Crippen molar-refractivity contribution in [1.82, 2.24) is 14.6 Å². The summed E-state index contributed by atoms with van der Waals surface area (Å²) in [6.07, 6.45) is 5.23. The van der Waals surface area contributed by atoms with Crippen LogP contribution in [0.25, 0.3) is 5.65 Å². The number of rotatable bonds is 4. The monoisotopic (exact) mass is 295 g/mol. The van der Waals surface area contributed by atoms with Crippen LogP contribution in [0.1, 0.15) is 27.2 Å². The second-order valence-electron chi connectivity index (χ2n) is 5.18. The third-order valence-electron chi connectivity index (χ3n) is 3.77. The number of esters is 1. The molecule has 2 aromatic heterocycles. The molecule has 5 nitrogen and oxygen atoms in total. The van der Waals surface area contributed by atoms with Crippen LogP contribution in [0.4, 0.5) is 0 Å². The first-order valence-corrected chi connectivity index (χ1v) is 7.14. The van der Waals surface area contributed by atoms with Gasteiger partial charge in [0.1, 0.15) is 0 Å². The van der Waals surface area contributed by atoms with Crippen LogP contribution in [0, 0.1) is 6.92 Å². The third kappa shape index (κ3) is 2.70. The summed E-state index contributed by atoms with van der Waals surface area (Å²) in [5.74, 6) is -0.308. The number of imidazole rings is 1. The summed E-state index contributed by atoms with van der Waals surface area (Å²) in [6.45, 7) is 2.04. The van der Waals surface area contributed by atoms with E-state index in [0.29, 0.717) is 5.56 Å². The van der Waals surface area contributed by atoms with Gasteiger partial charge in [-0.25, -0.2) is 14.3 Å². The quantitative estimate of drug-likeness (QED) is 0.694. The van der Waals surface area contributed by atoms with Gasteiger partial charge in [0.25, 0.3) is 0 Å². The summed E-state index contributed by atoms with van der Waals surface area (Å²) < 4.78 is 6.62. The maximum atomic E-state index is 11.6. The number of aryl methyl sites for hydroxylation is 3. The fourth-order valence-corrected chi connectivity index (χ4v) is 2.50. The molecule has 3 aromatic rings. The lowest BCUT2D eigenvalue weighted by Gasteiger charge is -2.08. The Hall–Kier alpha value is -2.69. The van der Waals surface area contributed by atoms with Gasteiger partial charge in [0, 0.05) is 6.20 Å². The molecule has 0 bridgehead atoms. The van der Waals surface area contributed by atoms with Gasteiger partial charge in [-0.3, -0.25) is 0 Å². The zero-order valence-corrected chi connectivity index (χ0v) is 12.6. The second kappa shape index (κ2) is 5.97. The first-order chi connectivity index (χ1) is 10.7. The van der Waals surface area contributed by atoms with Gasteiger partial charge in [-0.15, -0.1) is 0 Å². The van der Waals surface area contributed by atoms with E-state index in [4.69, 9.17) is 4.74 Å². The van der Waals surface area contributed by atoms with Gasteiger partial charge < -0.3 is 4.74 Å². The van der Waals surface area contributed by atoms with Crippen LogP contribution in [-0.2, 0) is 17.6 Å². The number of aromatic nitrogens is 3. The number of carbonyl (C=O) groups excluding carboxylic acids is 1. The normalized spacial score (nSPS) is 10.8. The number of methoxy groups -OCH3 is 1. The maximum Gasteiger partial charge on any atom is 0.337 e. The van der Waals surface area contributed by atoms with Gasteiger partial charge in [-0.05, 0) is 55.2 Å². The Bertz CT molecular complexity index is 824. The molecule has 0 aliphatic rings. The number of hydrogen-bond donors (Lipinski definition) is 0. The summed E-state index contributed by atoms with van der Waals surface area (Å²) in [7, 11) is 1.39. The van der Waals surface area contributed by atoms with Crippen LogP contribution in [-0.4, -0.2) is 27.7 Å². The lowest BCUT2D eigenvalue weighted by Crippen LogP contribution is -2.04. The molecule has 0 fully saturated rings. The van der Waals surface area contributed by atoms with Gasteiger partial charge in [0.15, 0.2) is 5.65 Å². The van der Waals surface area contributed by atoms with E-state index in [1.54, 1.807) is 12.3 Å². The molecule has 22 heavy (non-hydrogen) atoms. The molecule has 0 saturated heterocycles. The van der Waals surface area contributed by atoms with E-state index in [1.165, 1.54) is 7.11 Å². The molecule has 0 unspecified atom stereocenters. The van der Waals surface area contributed by atoms with Crippen LogP contribution in [0.3, 0.4) is 0 Å². The number of nitrogens with zero attached hydrogens (tertiary/aromatic N) is 3. The van der Waals surface area contributed by atoms with E-state index < -0.39 is 0 Å². The minimum absolute atomic E-state index is 0.308. The zero-order valence-electron chi connectivity index (χ0n) is 12.6. The average Bonchev–Trinajstić information content (AvgIpc) is 2.96. The van der Waals surface area contributed by atoms with Crippen LogP contribution >= 0.6 is 0 Å². The van der Waals surface area contributed by atoms with Crippen LogP contribution in [0.2, 0.25) is 0 Å². The van der Waals surface area contributed by atoms with Gasteiger partial charge in [-0.2, -0.15) is 5.10 Å². The summed E-state index contributed by atoms with van der Waals surface area (Å²) >= 11 is 0. The molecule has 0 radical (unpaired) electrons. The predicted octanol–water partition coefficient (Wildman–Crippen LogP) is 2.61. The maximum absolute atomic E-state index is 11.6. The van der Waals surface area contributed by atoms with E-state index >= 15 is 0 Å². The van der Waals surface area contributed by atoms with Crippen molar-refractivity contribution in [3.63, 3.8) is 0 Å². The van der Waals surface area contributed by atoms with E-state index in [1.807, 2.05) is 41.9 Å². The van der Waals surface area contributed by atoms with Crippen molar-refractivity contribution in [2.24, 2.45) is 0 Å². The number of hydrogen-bond acceptors (Lipinski definition) is 4. The van der Waals surface area contributed by atoms with Crippen LogP contribution in [0.15, 0.2) is 42.7 Å². The van der Waals surface area contributed by atoms with Crippen molar-refractivity contribution in [3.05, 3.63) is 65.1 Å². The number of ether oxygens (including phenoxy) is 1. The Kier molecular flexibility index (Phi) is 3.87. The van der Waals surface area contributed by atoms with Gasteiger partial charge >= 0.3 is 5.97 Å². The van der Waals surface area contributed by atoms with Gasteiger partial charge in [-0.1, -0.05) is 6.07 Å². The van der Waals surface area contributed by atoms with Crippen molar-refractivity contribution in [2.75, 3.05) is 7.11 Å². The minimum atomic E-state index is -0.308. The molecule has 3 rings (SSSR count). The molecule has 0 saturated carbocycles. The topological polar surface area (TPSA) is 56.5 Å². The molecule has 112 valence electrons. The number of fused-ring (bicyclic) bond motifs is 1. The fourth-order valence-electron chi connectivity index (χ4n) is 2.50. The summed E-state index contributed by atoms with van der Waals surface area (Å²) in [4.78, 5) is 16.0. The van der Waals surface area contributed by atoms with Crippen molar-refractivity contribution in [3.8, 4) is 0 Å². The molecule has 0 amide bonds. The van der Waals surface area contributed by atoms with E-state index in [9.17, 15) is 4.79 Å². The van der Waals surface area contributed by atoms with Crippen LogP contribution < -0.4 is 0 Å². The standard InChI is InChI=1S/C17H17N3O2/c1-12-5-6-14(17(21)22-2)10-13(12)7-8-15-11-18-16-4-3-9-19-20(15)16/h3-6,9-11H,7-8H2,1-2H3. The van der Waals surface area contributed by atoms with Crippen molar-refractivity contribution in [1.29, 1.82) is 0 Å². The molecule has 1 aromatic carbocycles. The smallest absolute Gasteiger partial charge is 0.337 e. The Morgan fingerprint density at radius 3 is 2.95 bits per heavy atom. The predicted molar refractivity (Wildman–Crippen MR) is 82.9 cm³/mol. The highest BCUT2D eigenvalue weighted by atomic mass is 16.5.